The number of halogens is 1. The number of hydrogen-bond acceptors (Lipinski definition) is 4. The molecule has 1 fully saturated rings. The number of esters is 1. The minimum absolute atomic E-state index is 0.0436. The summed E-state index contributed by atoms with van der Waals surface area (Å²) < 4.78 is 23.9. The lowest BCUT2D eigenvalue weighted by Gasteiger charge is -2.27. The molecule has 19 heavy (non-hydrogen) atoms. The first-order chi connectivity index (χ1) is 9.20. The maximum absolute atomic E-state index is 13.4. The van der Waals surface area contributed by atoms with E-state index >= 15 is 0 Å². The molecule has 1 aliphatic rings. The molecule has 0 bridgehead atoms. The zero-order valence-corrected chi connectivity index (χ0v) is 11.0. The highest BCUT2D eigenvalue weighted by atomic mass is 19.1. The van der Waals surface area contributed by atoms with Gasteiger partial charge in [0.1, 0.15) is 6.10 Å². The quantitative estimate of drug-likeness (QED) is 0.787. The van der Waals surface area contributed by atoms with Gasteiger partial charge in [-0.3, -0.25) is 4.79 Å². The molecule has 0 amide bonds. The number of nitrogens with zero attached hydrogens (tertiary/aromatic N) is 1. The number of aromatic nitrogens is 1. The smallest absolute Gasteiger partial charge is 0.308 e. The Labute approximate surface area is 111 Å². The van der Waals surface area contributed by atoms with E-state index in [2.05, 4.69) is 4.98 Å². The van der Waals surface area contributed by atoms with E-state index in [0.717, 1.165) is 25.7 Å². The summed E-state index contributed by atoms with van der Waals surface area (Å²) in [5, 5.41) is 0. The van der Waals surface area contributed by atoms with E-state index in [4.69, 9.17) is 9.47 Å². The molecule has 104 valence electrons. The highest BCUT2D eigenvalue weighted by Gasteiger charge is 2.28. The highest BCUT2D eigenvalue weighted by Crippen LogP contribution is 2.28. The Morgan fingerprint density at radius 3 is 2.79 bits per heavy atom. The first-order valence-corrected chi connectivity index (χ1v) is 6.64. The van der Waals surface area contributed by atoms with Crippen LogP contribution in [-0.4, -0.2) is 23.7 Å². The zero-order chi connectivity index (χ0) is 13.7. The summed E-state index contributed by atoms with van der Waals surface area (Å²) >= 11 is 0. The SMILES string of the molecule is CCOC(=O)C1CCC(Oc2ncccc2F)CC1. The molecule has 4 nitrogen and oxygen atoms in total. The molecule has 0 atom stereocenters. The number of rotatable bonds is 4. The largest absolute Gasteiger partial charge is 0.472 e. The van der Waals surface area contributed by atoms with Crippen LogP contribution in [0, 0.1) is 11.7 Å². The third-order valence-corrected chi connectivity index (χ3v) is 3.30. The molecular weight excluding hydrogens is 249 g/mol. The Hall–Kier alpha value is -1.65. The van der Waals surface area contributed by atoms with Crippen molar-refractivity contribution in [1.29, 1.82) is 0 Å². The van der Waals surface area contributed by atoms with E-state index in [9.17, 15) is 9.18 Å². The van der Waals surface area contributed by atoms with Gasteiger partial charge in [-0.25, -0.2) is 9.37 Å². The van der Waals surface area contributed by atoms with Crippen LogP contribution in [0.1, 0.15) is 32.6 Å². The minimum atomic E-state index is -0.449. The predicted octanol–water partition coefficient (Wildman–Crippen LogP) is 2.72. The molecule has 1 heterocycles. The highest BCUT2D eigenvalue weighted by molar-refractivity contribution is 5.72. The fraction of sp³-hybridized carbons (Fsp3) is 0.571. The van der Waals surface area contributed by atoms with E-state index in [1.807, 2.05) is 0 Å². The Kier molecular flexibility index (Phi) is 4.71. The van der Waals surface area contributed by atoms with Crippen molar-refractivity contribution in [3.8, 4) is 5.88 Å². The van der Waals surface area contributed by atoms with Crippen molar-refractivity contribution in [3.05, 3.63) is 24.1 Å². The van der Waals surface area contributed by atoms with E-state index in [0.29, 0.717) is 6.61 Å². The van der Waals surface area contributed by atoms with Crippen LogP contribution in [0.15, 0.2) is 18.3 Å². The third-order valence-electron chi connectivity index (χ3n) is 3.30. The molecule has 0 radical (unpaired) electrons. The van der Waals surface area contributed by atoms with Gasteiger partial charge < -0.3 is 9.47 Å². The van der Waals surface area contributed by atoms with Gasteiger partial charge in [-0.2, -0.15) is 0 Å². The van der Waals surface area contributed by atoms with Crippen molar-refractivity contribution in [1.82, 2.24) is 4.98 Å². The molecular formula is C14H18FNO3. The Morgan fingerprint density at radius 1 is 1.42 bits per heavy atom. The van der Waals surface area contributed by atoms with E-state index in [1.54, 1.807) is 6.92 Å². The maximum atomic E-state index is 13.4. The fourth-order valence-electron chi connectivity index (χ4n) is 2.29. The molecule has 1 aromatic rings. The molecule has 0 N–H and O–H groups in total. The first kappa shape index (κ1) is 13.8. The minimum Gasteiger partial charge on any atom is -0.472 e. The summed E-state index contributed by atoms with van der Waals surface area (Å²) in [4.78, 5) is 15.4. The summed E-state index contributed by atoms with van der Waals surface area (Å²) in [5.74, 6) is -0.588. The molecule has 0 saturated heterocycles. The standard InChI is InChI=1S/C14H18FNO3/c1-2-18-14(17)10-5-7-11(8-6-10)19-13-12(15)4-3-9-16-13/h3-4,9-11H,2,5-8H2,1H3. The normalized spacial score (nSPS) is 22.8. The van der Waals surface area contributed by atoms with Gasteiger partial charge in [0.15, 0.2) is 5.82 Å². The van der Waals surface area contributed by atoms with Crippen LogP contribution in [-0.2, 0) is 9.53 Å². The van der Waals surface area contributed by atoms with Crippen molar-refractivity contribution in [3.63, 3.8) is 0 Å². The molecule has 0 unspecified atom stereocenters. The second-order valence-corrected chi connectivity index (χ2v) is 4.63. The van der Waals surface area contributed by atoms with Crippen LogP contribution in [0.3, 0.4) is 0 Å². The molecule has 1 aromatic heterocycles. The maximum Gasteiger partial charge on any atom is 0.308 e. The van der Waals surface area contributed by atoms with Crippen molar-refractivity contribution < 1.29 is 18.7 Å². The molecule has 1 saturated carbocycles. The van der Waals surface area contributed by atoms with Crippen molar-refractivity contribution in [2.75, 3.05) is 6.61 Å². The molecule has 2 rings (SSSR count). The van der Waals surface area contributed by atoms with E-state index < -0.39 is 5.82 Å². The Morgan fingerprint density at radius 2 is 2.16 bits per heavy atom. The van der Waals surface area contributed by atoms with Crippen LogP contribution < -0.4 is 4.74 Å². The number of ether oxygens (including phenoxy) is 2. The van der Waals surface area contributed by atoms with Gasteiger partial charge in [0.05, 0.1) is 12.5 Å². The first-order valence-electron chi connectivity index (χ1n) is 6.64. The Balaban J connectivity index is 1.84. The van der Waals surface area contributed by atoms with Gasteiger partial charge in [0.2, 0.25) is 0 Å². The van der Waals surface area contributed by atoms with Gasteiger partial charge in [0.25, 0.3) is 5.88 Å². The summed E-state index contributed by atoms with van der Waals surface area (Å²) in [6.45, 7) is 2.21. The van der Waals surface area contributed by atoms with Crippen molar-refractivity contribution >= 4 is 5.97 Å². The van der Waals surface area contributed by atoms with Gasteiger partial charge in [-0.1, -0.05) is 0 Å². The average Bonchev–Trinajstić information content (AvgIpc) is 2.42. The fourth-order valence-corrected chi connectivity index (χ4v) is 2.29. The lowest BCUT2D eigenvalue weighted by Crippen LogP contribution is -2.29. The lowest BCUT2D eigenvalue weighted by molar-refractivity contribution is -0.149. The number of pyridine rings is 1. The van der Waals surface area contributed by atoms with Crippen molar-refractivity contribution in [2.45, 2.75) is 38.7 Å². The topological polar surface area (TPSA) is 48.4 Å². The van der Waals surface area contributed by atoms with Crippen LogP contribution in [0.4, 0.5) is 4.39 Å². The second kappa shape index (κ2) is 6.50. The third kappa shape index (κ3) is 3.66. The lowest BCUT2D eigenvalue weighted by atomic mass is 9.87. The summed E-state index contributed by atoms with van der Waals surface area (Å²) in [6.07, 6.45) is 4.31. The average molecular weight is 267 g/mol. The van der Waals surface area contributed by atoms with Crippen molar-refractivity contribution in [2.24, 2.45) is 5.92 Å². The van der Waals surface area contributed by atoms with Crippen LogP contribution in [0.5, 0.6) is 5.88 Å². The second-order valence-electron chi connectivity index (χ2n) is 4.63. The number of carbonyl (C=O) groups excluding carboxylic acids is 1. The molecule has 0 aliphatic heterocycles. The summed E-state index contributed by atoms with van der Waals surface area (Å²) in [7, 11) is 0. The summed E-state index contributed by atoms with van der Waals surface area (Å²) in [6, 6.07) is 2.85. The molecule has 0 spiro atoms. The van der Waals surface area contributed by atoms with Gasteiger partial charge in [0, 0.05) is 6.20 Å². The van der Waals surface area contributed by atoms with Crippen LogP contribution in [0.2, 0.25) is 0 Å². The molecule has 0 aromatic carbocycles. The van der Waals surface area contributed by atoms with Crippen LogP contribution >= 0.6 is 0 Å². The number of carbonyl (C=O) groups is 1. The Bertz CT molecular complexity index is 430. The van der Waals surface area contributed by atoms with E-state index in [-0.39, 0.29) is 23.9 Å². The molecule has 5 heteroatoms. The molecule has 1 aliphatic carbocycles. The van der Waals surface area contributed by atoms with E-state index in [1.165, 1.54) is 18.3 Å². The zero-order valence-electron chi connectivity index (χ0n) is 11.0. The number of hydrogen-bond donors (Lipinski definition) is 0. The van der Waals surface area contributed by atoms with Gasteiger partial charge >= 0.3 is 5.97 Å². The van der Waals surface area contributed by atoms with Gasteiger partial charge in [-0.15, -0.1) is 0 Å². The van der Waals surface area contributed by atoms with Gasteiger partial charge in [-0.05, 0) is 44.7 Å². The predicted molar refractivity (Wildman–Crippen MR) is 67.2 cm³/mol. The van der Waals surface area contributed by atoms with Crippen LogP contribution in [0.25, 0.3) is 0 Å². The summed E-state index contributed by atoms with van der Waals surface area (Å²) in [5.41, 5.74) is 0. The monoisotopic (exact) mass is 267 g/mol.